The first-order valence-electron chi connectivity index (χ1n) is 6.18. The topological polar surface area (TPSA) is 38.9 Å². The van der Waals surface area contributed by atoms with E-state index in [2.05, 4.69) is 51.3 Å². The molecule has 1 aromatic heterocycles. The normalized spacial score (nSPS) is 11.8. The number of aromatic nitrogens is 1. The van der Waals surface area contributed by atoms with E-state index in [-0.39, 0.29) is 5.41 Å². The summed E-state index contributed by atoms with van der Waals surface area (Å²) in [4.78, 5) is 4.73. The van der Waals surface area contributed by atoms with E-state index < -0.39 is 0 Å². The Balaban J connectivity index is 2.38. The maximum atomic E-state index is 5.79. The standard InChI is InChI=1S/C15H20N2S/c1-10-5-6-12(7-11(10)2)14-17-13(8-18-14)15(3,4)9-16/h5-8H,9,16H2,1-4H3. The highest BCUT2D eigenvalue weighted by Crippen LogP contribution is 2.30. The minimum atomic E-state index is -0.0471. The summed E-state index contributed by atoms with van der Waals surface area (Å²) < 4.78 is 0. The van der Waals surface area contributed by atoms with Gasteiger partial charge in [0.2, 0.25) is 0 Å². The summed E-state index contributed by atoms with van der Waals surface area (Å²) in [6.07, 6.45) is 0. The fourth-order valence-corrected chi connectivity index (χ4v) is 2.71. The molecule has 2 N–H and O–H groups in total. The van der Waals surface area contributed by atoms with Gasteiger partial charge in [-0.2, -0.15) is 0 Å². The number of benzene rings is 1. The summed E-state index contributed by atoms with van der Waals surface area (Å²) in [6.45, 7) is 9.14. The van der Waals surface area contributed by atoms with Crippen molar-refractivity contribution >= 4 is 11.3 Å². The SMILES string of the molecule is Cc1ccc(-c2nc(C(C)(C)CN)cs2)cc1C. The molecule has 96 valence electrons. The van der Waals surface area contributed by atoms with Crippen LogP contribution < -0.4 is 5.73 Å². The maximum absolute atomic E-state index is 5.79. The zero-order valence-electron chi connectivity index (χ0n) is 11.4. The molecular formula is C15H20N2S. The number of rotatable bonds is 3. The second-order valence-corrected chi connectivity index (χ2v) is 6.28. The molecule has 0 amide bonds. The van der Waals surface area contributed by atoms with E-state index in [9.17, 15) is 0 Å². The van der Waals surface area contributed by atoms with Crippen LogP contribution >= 0.6 is 11.3 Å². The fourth-order valence-electron chi connectivity index (χ4n) is 1.70. The Labute approximate surface area is 113 Å². The molecule has 18 heavy (non-hydrogen) atoms. The van der Waals surface area contributed by atoms with Crippen molar-refractivity contribution in [1.29, 1.82) is 0 Å². The predicted octanol–water partition coefficient (Wildman–Crippen LogP) is 3.66. The van der Waals surface area contributed by atoms with Gasteiger partial charge in [-0.05, 0) is 31.0 Å². The molecule has 0 saturated carbocycles. The average Bonchev–Trinajstić information content (AvgIpc) is 2.83. The van der Waals surface area contributed by atoms with Gasteiger partial charge >= 0.3 is 0 Å². The molecule has 3 heteroatoms. The summed E-state index contributed by atoms with van der Waals surface area (Å²) in [5.41, 5.74) is 10.7. The number of thiazole rings is 1. The van der Waals surface area contributed by atoms with Crippen LogP contribution in [0.2, 0.25) is 0 Å². The molecule has 1 heterocycles. The van der Waals surface area contributed by atoms with E-state index in [0.717, 1.165) is 10.7 Å². The van der Waals surface area contributed by atoms with Gasteiger partial charge < -0.3 is 5.73 Å². The molecule has 0 spiro atoms. The number of nitrogens with two attached hydrogens (primary N) is 1. The molecule has 2 nitrogen and oxygen atoms in total. The molecule has 0 aliphatic carbocycles. The Hall–Kier alpha value is -1.19. The Bertz CT molecular complexity index is 555. The summed E-state index contributed by atoms with van der Waals surface area (Å²) in [7, 11) is 0. The third kappa shape index (κ3) is 2.47. The Kier molecular flexibility index (Phi) is 3.55. The summed E-state index contributed by atoms with van der Waals surface area (Å²) in [6, 6.07) is 6.49. The second-order valence-electron chi connectivity index (χ2n) is 5.42. The predicted molar refractivity (Wildman–Crippen MR) is 79.1 cm³/mol. The van der Waals surface area contributed by atoms with Gasteiger partial charge in [-0.3, -0.25) is 0 Å². The third-order valence-corrected chi connectivity index (χ3v) is 4.35. The lowest BCUT2D eigenvalue weighted by Gasteiger charge is -2.19. The highest BCUT2D eigenvalue weighted by atomic mass is 32.1. The van der Waals surface area contributed by atoms with E-state index in [1.165, 1.54) is 16.7 Å². The number of nitrogens with zero attached hydrogens (tertiary/aromatic N) is 1. The van der Waals surface area contributed by atoms with Crippen LogP contribution in [0.1, 0.15) is 30.7 Å². The zero-order valence-corrected chi connectivity index (χ0v) is 12.3. The van der Waals surface area contributed by atoms with Gasteiger partial charge in [0.15, 0.2) is 0 Å². The molecule has 0 fully saturated rings. The van der Waals surface area contributed by atoms with Crippen LogP contribution in [-0.2, 0) is 5.41 Å². The van der Waals surface area contributed by atoms with Crippen LogP contribution in [0, 0.1) is 13.8 Å². The highest BCUT2D eigenvalue weighted by Gasteiger charge is 2.22. The van der Waals surface area contributed by atoms with Crippen LogP contribution in [0.5, 0.6) is 0 Å². The van der Waals surface area contributed by atoms with Crippen LogP contribution in [0.15, 0.2) is 23.6 Å². The minimum Gasteiger partial charge on any atom is -0.330 e. The van der Waals surface area contributed by atoms with Gasteiger partial charge in [0.25, 0.3) is 0 Å². The van der Waals surface area contributed by atoms with Crippen molar-refractivity contribution in [3.05, 3.63) is 40.4 Å². The van der Waals surface area contributed by atoms with Crippen molar-refractivity contribution < 1.29 is 0 Å². The van der Waals surface area contributed by atoms with Crippen molar-refractivity contribution in [1.82, 2.24) is 4.98 Å². The van der Waals surface area contributed by atoms with Gasteiger partial charge in [0, 0.05) is 22.9 Å². The van der Waals surface area contributed by atoms with Crippen LogP contribution in [0.4, 0.5) is 0 Å². The third-order valence-electron chi connectivity index (χ3n) is 3.46. The molecule has 0 aliphatic heterocycles. The number of hydrogen-bond acceptors (Lipinski definition) is 3. The molecule has 0 atom stereocenters. The van der Waals surface area contributed by atoms with Crippen LogP contribution in [0.3, 0.4) is 0 Å². The van der Waals surface area contributed by atoms with E-state index >= 15 is 0 Å². The minimum absolute atomic E-state index is 0.0471. The lowest BCUT2D eigenvalue weighted by molar-refractivity contribution is 0.525. The highest BCUT2D eigenvalue weighted by molar-refractivity contribution is 7.13. The molecule has 0 saturated heterocycles. The first-order valence-corrected chi connectivity index (χ1v) is 7.06. The van der Waals surface area contributed by atoms with Gasteiger partial charge in [0.1, 0.15) is 5.01 Å². The van der Waals surface area contributed by atoms with Gasteiger partial charge in [0.05, 0.1) is 5.69 Å². The maximum Gasteiger partial charge on any atom is 0.123 e. The zero-order chi connectivity index (χ0) is 13.3. The van der Waals surface area contributed by atoms with E-state index in [4.69, 9.17) is 10.7 Å². The number of hydrogen-bond donors (Lipinski definition) is 1. The average molecular weight is 260 g/mol. The van der Waals surface area contributed by atoms with Crippen LogP contribution in [-0.4, -0.2) is 11.5 Å². The Morgan fingerprint density at radius 2 is 1.94 bits per heavy atom. The summed E-state index contributed by atoms with van der Waals surface area (Å²) in [5.74, 6) is 0. The Morgan fingerprint density at radius 3 is 2.56 bits per heavy atom. The molecule has 0 aliphatic rings. The molecule has 0 radical (unpaired) electrons. The first-order chi connectivity index (χ1) is 8.44. The number of aryl methyl sites for hydroxylation is 2. The fraction of sp³-hybridized carbons (Fsp3) is 0.400. The molecule has 2 aromatic rings. The molecular weight excluding hydrogens is 240 g/mol. The monoisotopic (exact) mass is 260 g/mol. The molecule has 0 bridgehead atoms. The largest absolute Gasteiger partial charge is 0.330 e. The lowest BCUT2D eigenvalue weighted by atomic mass is 9.90. The van der Waals surface area contributed by atoms with Crippen molar-refractivity contribution in [3.63, 3.8) is 0 Å². The quantitative estimate of drug-likeness (QED) is 0.914. The van der Waals surface area contributed by atoms with Crippen molar-refractivity contribution in [3.8, 4) is 10.6 Å². The Morgan fingerprint density at radius 1 is 1.22 bits per heavy atom. The summed E-state index contributed by atoms with van der Waals surface area (Å²) >= 11 is 1.69. The lowest BCUT2D eigenvalue weighted by Crippen LogP contribution is -2.28. The molecule has 1 aromatic carbocycles. The van der Waals surface area contributed by atoms with Crippen LogP contribution in [0.25, 0.3) is 10.6 Å². The van der Waals surface area contributed by atoms with Crippen molar-refractivity contribution in [2.45, 2.75) is 33.1 Å². The first kappa shape index (κ1) is 13.2. The van der Waals surface area contributed by atoms with E-state index in [0.29, 0.717) is 6.54 Å². The van der Waals surface area contributed by atoms with E-state index in [1.807, 2.05) is 0 Å². The van der Waals surface area contributed by atoms with Gasteiger partial charge in [-0.1, -0.05) is 26.0 Å². The van der Waals surface area contributed by atoms with Gasteiger partial charge in [-0.15, -0.1) is 11.3 Å². The van der Waals surface area contributed by atoms with Crippen molar-refractivity contribution in [2.24, 2.45) is 5.73 Å². The van der Waals surface area contributed by atoms with Crippen molar-refractivity contribution in [2.75, 3.05) is 6.54 Å². The second kappa shape index (κ2) is 4.82. The molecule has 2 rings (SSSR count). The smallest absolute Gasteiger partial charge is 0.123 e. The summed E-state index contributed by atoms with van der Waals surface area (Å²) in [5, 5.41) is 3.20. The van der Waals surface area contributed by atoms with E-state index in [1.54, 1.807) is 11.3 Å². The molecule has 0 unspecified atom stereocenters. The van der Waals surface area contributed by atoms with Gasteiger partial charge in [-0.25, -0.2) is 4.98 Å².